The Balaban J connectivity index is 0.918. The molecule has 0 saturated heterocycles. The van der Waals surface area contributed by atoms with Crippen LogP contribution in [0.15, 0.2) is 349 Å². The van der Waals surface area contributed by atoms with E-state index in [1.165, 1.54) is 20.2 Å². The molecule has 0 aliphatic carbocycles. The van der Waals surface area contributed by atoms with E-state index in [-0.39, 0.29) is 0 Å². The highest BCUT2D eigenvalue weighted by molar-refractivity contribution is 7.26. The van der Waals surface area contributed by atoms with Crippen molar-refractivity contribution in [2.75, 3.05) is 0 Å². The molecule has 510 valence electrons. The molecule has 10 heteroatoms. The largest absolute Gasteiger partial charge is 0.455 e. The summed E-state index contributed by atoms with van der Waals surface area (Å²) in [4.78, 5) is 22.3. The maximum atomic E-state index is 9.81. The SMILES string of the molecule is [C-]#[N+]c1cc(-c2nc(-c3cccc4c3sc3ccccc34)nc(-c3cccc4c3sc3ccccc34)n2)c(-n2c3ccc(-c4ccccc4)cc3c3c4oc5ccc(-c6ccccc6)cc5c4ccc32)c(-n2c3ccc(-c4ccccc4)cc3c3c4oc5ccc(-c6ccccc6)cc5c4ccc32)c1-c1ccccc1. The van der Waals surface area contributed by atoms with Gasteiger partial charge in [0.05, 0.1) is 50.8 Å². The van der Waals surface area contributed by atoms with Crippen molar-refractivity contribution in [2.24, 2.45) is 0 Å². The molecule has 0 spiro atoms. The molecule has 0 atom stereocenters. The highest BCUT2D eigenvalue weighted by Gasteiger charge is 2.33. The second kappa shape index (κ2) is 24.4. The van der Waals surface area contributed by atoms with Gasteiger partial charge in [-0.15, -0.1) is 22.7 Å². The van der Waals surface area contributed by atoms with Gasteiger partial charge in [-0.3, -0.25) is 0 Å². The van der Waals surface area contributed by atoms with Gasteiger partial charge in [-0.2, -0.15) is 0 Å². The van der Waals surface area contributed by atoms with Crippen molar-refractivity contribution in [3.63, 3.8) is 0 Å². The lowest BCUT2D eigenvalue weighted by atomic mass is 9.95. The lowest BCUT2D eigenvalue weighted by molar-refractivity contribution is 0.672. The number of hydrogen-bond donors (Lipinski definition) is 0. The van der Waals surface area contributed by atoms with Crippen LogP contribution in [0.2, 0.25) is 0 Å². The molecule has 0 N–H and O–H groups in total. The van der Waals surface area contributed by atoms with Crippen LogP contribution in [0.3, 0.4) is 0 Å². The van der Waals surface area contributed by atoms with E-state index in [4.69, 9.17) is 28.6 Å². The summed E-state index contributed by atoms with van der Waals surface area (Å²) in [6, 6.07) is 121. The Morgan fingerprint density at radius 1 is 0.273 bits per heavy atom. The predicted octanol–water partition coefficient (Wildman–Crippen LogP) is 28.5. The van der Waals surface area contributed by atoms with E-state index in [0.717, 1.165) is 186 Å². The number of hydrogen-bond acceptors (Lipinski definition) is 7. The lowest BCUT2D eigenvalue weighted by Crippen LogP contribution is -2.10. The maximum Gasteiger partial charge on any atom is 0.197 e. The molecule has 0 bridgehead atoms. The van der Waals surface area contributed by atoms with Gasteiger partial charge in [-0.1, -0.05) is 237 Å². The van der Waals surface area contributed by atoms with Crippen molar-refractivity contribution in [3.8, 4) is 101 Å². The standard InChI is InChI=1S/C100H56N6O2S2/c1-101-80-57-79(100-103-98(73-37-21-35-71-67-33-17-19-39-87(67)109-96(71)73)102-99(104-100)74-38-22-36-72-68-34-18-20-40-88(68)110-97(72)74)92(105-81-47-41-63(58-23-7-2-8-24-58)55-77(81)90-83(105)49-45-69-75-53-65(60-27-11-4-12-28-60)43-51-85(75)107-94(69)90)93(89(80)62-31-15-6-16-32-62)106-82-48-42-64(59-25-9-3-10-26-59)56-78(82)91-84(106)50-46-70-76-54-66(61-29-13-5-14-30-61)44-52-86(76)108-95(70)91/h2-57H. The fourth-order valence-corrected chi connectivity index (χ4v) is 19.6. The molecule has 0 radical (unpaired) electrons. The van der Waals surface area contributed by atoms with Crippen LogP contribution in [-0.2, 0) is 0 Å². The first-order valence-corrected chi connectivity index (χ1v) is 38.4. The van der Waals surface area contributed by atoms with Gasteiger partial charge in [0.15, 0.2) is 23.2 Å². The minimum atomic E-state index is 0.386. The quantitative estimate of drug-likeness (QED) is 0.128. The smallest absolute Gasteiger partial charge is 0.197 e. The molecular weight excluding hydrogens is 1380 g/mol. The molecule has 0 unspecified atom stereocenters. The van der Waals surface area contributed by atoms with Crippen molar-refractivity contribution < 1.29 is 8.83 Å². The normalized spacial score (nSPS) is 12.0. The van der Waals surface area contributed by atoms with Gasteiger partial charge in [-0.05, 0) is 153 Å². The Bertz CT molecular complexity index is 7710. The van der Waals surface area contributed by atoms with E-state index in [1.807, 2.05) is 6.07 Å². The first-order chi connectivity index (χ1) is 54.5. The van der Waals surface area contributed by atoms with E-state index in [1.54, 1.807) is 22.7 Å². The number of rotatable bonds is 10. The van der Waals surface area contributed by atoms with Crippen LogP contribution in [0, 0.1) is 6.57 Å². The molecule has 8 nitrogen and oxygen atoms in total. The Morgan fingerprint density at radius 3 is 1.07 bits per heavy atom. The molecule has 0 amide bonds. The molecule has 23 rings (SSSR count). The molecule has 7 heterocycles. The summed E-state index contributed by atoms with van der Waals surface area (Å²) in [6.45, 7) is 9.81. The van der Waals surface area contributed by atoms with Gasteiger partial charge in [0.1, 0.15) is 22.3 Å². The fraction of sp³-hybridized carbons (Fsp3) is 0. The number of thiophene rings is 2. The maximum absolute atomic E-state index is 9.81. The third-order valence-corrected chi connectivity index (χ3v) is 24.6. The summed E-state index contributed by atoms with van der Waals surface area (Å²) in [5.41, 5.74) is 21.1. The second-order valence-corrected chi connectivity index (χ2v) is 30.4. The predicted molar refractivity (Wildman–Crippen MR) is 459 cm³/mol. The summed E-state index contributed by atoms with van der Waals surface area (Å²) in [5.74, 6) is 1.40. The summed E-state index contributed by atoms with van der Waals surface area (Å²) in [5, 5.41) is 12.4. The van der Waals surface area contributed by atoms with E-state index >= 15 is 0 Å². The van der Waals surface area contributed by atoms with Crippen LogP contribution >= 0.6 is 22.7 Å². The number of fused-ring (bicyclic) bond motifs is 20. The molecular formula is C100H56N6O2S2. The minimum absolute atomic E-state index is 0.386. The Morgan fingerprint density at radius 2 is 0.636 bits per heavy atom. The van der Waals surface area contributed by atoms with E-state index in [9.17, 15) is 6.57 Å². The monoisotopic (exact) mass is 1440 g/mol. The third-order valence-electron chi connectivity index (χ3n) is 22.2. The van der Waals surface area contributed by atoms with E-state index in [2.05, 4.69) is 343 Å². The van der Waals surface area contributed by atoms with E-state index in [0.29, 0.717) is 28.7 Å². The van der Waals surface area contributed by atoms with Crippen molar-refractivity contribution in [1.82, 2.24) is 24.1 Å². The first-order valence-electron chi connectivity index (χ1n) is 36.8. The van der Waals surface area contributed by atoms with Gasteiger partial charge >= 0.3 is 0 Å². The van der Waals surface area contributed by atoms with Gasteiger partial charge in [-0.25, -0.2) is 19.8 Å². The summed E-state index contributed by atoms with van der Waals surface area (Å²) in [7, 11) is 0. The zero-order chi connectivity index (χ0) is 72.2. The van der Waals surface area contributed by atoms with Crippen molar-refractivity contribution in [3.05, 3.63) is 351 Å². The highest BCUT2D eigenvalue weighted by atomic mass is 32.1. The van der Waals surface area contributed by atoms with Crippen LogP contribution in [0.4, 0.5) is 5.69 Å². The van der Waals surface area contributed by atoms with Crippen LogP contribution < -0.4 is 0 Å². The Labute approximate surface area is 637 Å². The molecule has 16 aromatic carbocycles. The van der Waals surface area contributed by atoms with Crippen molar-refractivity contribution in [1.29, 1.82) is 0 Å². The fourth-order valence-electron chi connectivity index (χ4n) is 17.2. The Kier molecular flexibility index (Phi) is 13.7. The molecule has 0 fully saturated rings. The zero-order valence-electron chi connectivity index (χ0n) is 58.6. The van der Waals surface area contributed by atoms with Gasteiger partial charge in [0.2, 0.25) is 0 Å². The summed E-state index contributed by atoms with van der Waals surface area (Å²) in [6.07, 6.45) is 0. The molecule has 23 aromatic rings. The number of furan rings is 2. The van der Waals surface area contributed by atoms with Gasteiger partial charge in [0.25, 0.3) is 0 Å². The summed E-state index contributed by atoms with van der Waals surface area (Å²) < 4.78 is 24.1. The lowest BCUT2D eigenvalue weighted by Gasteiger charge is -2.25. The van der Waals surface area contributed by atoms with Crippen LogP contribution in [0.25, 0.3) is 234 Å². The van der Waals surface area contributed by atoms with Crippen LogP contribution in [-0.4, -0.2) is 24.1 Å². The Hall–Kier alpha value is -14.3. The number of benzene rings is 16. The highest BCUT2D eigenvalue weighted by Crippen LogP contribution is 2.54. The van der Waals surface area contributed by atoms with Crippen LogP contribution in [0.1, 0.15) is 0 Å². The average molecular weight is 1440 g/mol. The molecule has 110 heavy (non-hydrogen) atoms. The third kappa shape index (κ3) is 9.45. The van der Waals surface area contributed by atoms with Gasteiger partial charge in [0, 0.05) is 94.9 Å². The summed E-state index contributed by atoms with van der Waals surface area (Å²) >= 11 is 3.49. The zero-order valence-corrected chi connectivity index (χ0v) is 60.3. The number of nitrogens with zero attached hydrogens (tertiary/aromatic N) is 6. The van der Waals surface area contributed by atoms with E-state index < -0.39 is 0 Å². The molecule has 0 aliphatic rings. The van der Waals surface area contributed by atoms with Gasteiger partial charge < -0.3 is 18.0 Å². The first kappa shape index (κ1) is 61.9. The number of aromatic nitrogens is 5. The second-order valence-electron chi connectivity index (χ2n) is 28.3. The van der Waals surface area contributed by atoms with Crippen molar-refractivity contribution in [2.45, 2.75) is 0 Å². The average Bonchev–Trinajstić information content (AvgIpc) is 1.52. The topological polar surface area (TPSA) is 79.2 Å². The molecule has 7 aromatic heterocycles. The molecule has 0 aliphatic heterocycles. The van der Waals surface area contributed by atoms with Crippen LogP contribution in [0.5, 0.6) is 0 Å². The minimum Gasteiger partial charge on any atom is -0.455 e. The van der Waals surface area contributed by atoms with Crippen molar-refractivity contribution >= 4 is 156 Å². The molecule has 0 saturated carbocycles.